The van der Waals surface area contributed by atoms with Crippen LogP contribution in [0, 0.1) is 5.41 Å². The van der Waals surface area contributed by atoms with E-state index in [1.54, 1.807) is 42.5 Å². The average Bonchev–Trinajstić information content (AvgIpc) is 2.85. The fourth-order valence-corrected chi connectivity index (χ4v) is 3.21. The summed E-state index contributed by atoms with van der Waals surface area (Å²) in [5.41, 5.74) is 6.40. The van der Waals surface area contributed by atoms with Crippen molar-refractivity contribution in [3.63, 3.8) is 0 Å². The van der Waals surface area contributed by atoms with Crippen LogP contribution >= 0.6 is 0 Å². The number of methoxy groups -OCH3 is 1. The molecule has 10 heteroatoms. The summed E-state index contributed by atoms with van der Waals surface area (Å²) < 4.78 is 50.2. The van der Waals surface area contributed by atoms with Gasteiger partial charge in [0.25, 0.3) is 0 Å². The second-order valence-electron chi connectivity index (χ2n) is 7.35. The quantitative estimate of drug-likeness (QED) is 0.269. The largest absolute Gasteiger partial charge is 0.497 e. The highest BCUT2D eigenvalue weighted by Gasteiger charge is 2.43. The Bertz CT molecular complexity index is 1210. The third-order valence-corrected chi connectivity index (χ3v) is 5.01. The first-order chi connectivity index (χ1) is 16.6. The number of nitrogens with zero attached hydrogens (tertiary/aromatic N) is 1. The molecule has 3 N–H and O–H groups in total. The topological polar surface area (TPSA) is 106 Å². The number of ketones is 1. The smallest absolute Gasteiger partial charge is 0.471 e. The van der Waals surface area contributed by atoms with Gasteiger partial charge in [-0.05, 0) is 60.7 Å². The summed E-state index contributed by atoms with van der Waals surface area (Å²) in [5.74, 6) is -1.71. The molecule has 0 bridgehead atoms. The molecule has 0 aromatic heterocycles. The number of carbonyl (C=O) groups excluding carboxylic acids is 2. The van der Waals surface area contributed by atoms with Gasteiger partial charge in [-0.2, -0.15) is 13.2 Å². The summed E-state index contributed by atoms with van der Waals surface area (Å²) in [6, 6.07) is 17.9. The summed E-state index contributed by atoms with van der Waals surface area (Å²) in [6.45, 7) is -0.663. The van der Waals surface area contributed by atoms with E-state index in [-0.39, 0.29) is 35.2 Å². The van der Waals surface area contributed by atoms with Gasteiger partial charge >= 0.3 is 12.1 Å². The number of nitrogen functional groups attached to an aromatic ring is 1. The lowest BCUT2D eigenvalue weighted by Gasteiger charge is -2.24. The van der Waals surface area contributed by atoms with Crippen molar-refractivity contribution in [2.45, 2.75) is 6.18 Å². The first-order valence-electron chi connectivity index (χ1n) is 10.3. The van der Waals surface area contributed by atoms with Crippen LogP contribution in [0.2, 0.25) is 0 Å². The summed E-state index contributed by atoms with van der Waals surface area (Å²) in [6.07, 6.45) is -5.11. The van der Waals surface area contributed by atoms with Gasteiger partial charge in [0.15, 0.2) is 5.78 Å². The van der Waals surface area contributed by atoms with Crippen LogP contribution in [-0.4, -0.2) is 44.0 Å². The fourth-order valence-electron chi connectivity index (χ4n) is 3.21. The standard InChI is InChI=1S/C25H22F3N3O4/c1-34-20-11-7-17(8-12-20)22(32)16-5-9-19(10-6-16)31(24(33)25(26,27)28)13-14-35-21-4-2-3-18(15-21)23(29)30/h2-12,15H,13-14H2,1H3,(H3,29,30). The Labute approximate surface area is 199 Å². The third kappa shape index (κ3) is 6.38. The number of hydrogen-bond donors (Lipinski definition) is 2. The van der Waals surface area contributed by atoms with Crippen LogP contribution in [0.4, 0.5) is 18.9 Å². The van der Waals surface area contributed by atoms with Gasteiger partial charge in [-0.3, -0.25) is 15.0 Å². The van der Waals surface area contributed by atoms with E-state index in [1.807, 2.05) is 0 Å². The Morgan fingerprint density at radius 3 is 2.06 bits per heavy atom. The minimum absolute atomic E-state index is 0.0420. The number of ether oxygens (including phenoxy) is 2. The van der Waals surface area contributed by atoms with Crippen LogP contribution in [-0.2, 0) is 4.79 Å². The van der Waals surface area contributed by atoms with Crippen LogP contribution in [0.5, 0.6) is 11.5 Å². The van der Waals surface area contributed by atoms with Gasteiger partial charge in [0.2, 0.25) is 0 Å². The Morgan fingerprint density at radius 2 is 1.51 bits per heavy atom. The Morgan fingerprint density at radius 1 is 0.914 bits per heavy atom. The zero-order valence-corrected chi connectivity index (χ0v) is 18.6. The van der Waals surface area contributed by atoms with Gasteiger partial charge in [0, 0.05) is 22.4 Å². The van der Waals surface area contributed by atoms with Gasteiger partial charge < -0.3 is 20.1 Å². The lowest BCUT2D eigenvalue weighted by atomic mass is 10.0. The molecule has 0 spiro atoms. The van der Waals surface area contributed by atoms with Crippen molar-refractivity contribution in [3.8, 4) is 11.5 Å². The number of alkyl halides is 3. The molecule has 0 unspecified atom stereocenters. The molecular weight excluding hydrogens is 463 g/mol. The number of halogens is 3. The first-order valence-corrected chi connectivity index (χ1v) is 10.3. The number of benzene rings is 3. The Kier molecular flexibility index (Phi) is 7.75. The van der Waals surface area contributed by atoms with E-state index in [0.29, 0.717) is 21.8 Å². The highest BCUT2D eigenvalue weighted by atomic mass is 19.4. The van der Waals surface area contributed by atoms with Crippen molar-refractivity contribution in [1.29, 1.82) is 5.41 Å². The van der Waals surface area contributed by atoms with Gasteiger partial charge in [0.1, 0.15) is 23.9 Å². The second kappa shape index (κ2) is 10.7. The first kappa shape index (κ1) is 25.3. The predicted molar refractivity (Wildman–Crippen MR) is 124 cm³/mol. The number of anilines is 1. The van der Waals surface area contributed by atoms with Crippen LogP contribution in [0.1, 0.15) is 21.5 Å². The van der Waals surface area contributed by atoms with Crippen LogP contribution < -0.4 is 20.1 Å². The Hall–Kier alpha value is -4.34. The molecule has 0 saturated carbocycles. The highest BCUT2D eigenvalue weighted by Crippen LogP contribution is 2.25. The van der Waals surface area contributed by atoms with Crippen molar-refractivity contribution in [1.82, 2.24) is 0 Å². The summed E-state index contributed by atoms with van der Waals surface area (Å²) >= 11 is 0. The molecule has 3 rings (SSSR count). The van der Waals surface area contributed by atoms with Crippen LogP contribution in [0.3, 0.4) is 0 Å². The Balaban J connectivity index is 1.76. The van der Waals surface area contributed by atoms with E-state index in [1.165, 1.54) is 37.4 Å². The van der Waals surface area contributed by atoms with Crippen molar-refractivity contribution in [2.24, 2.45) is 5.73 Å². The van der Waals surface area contributed by atoms with Crippen molar-refractivity contribution < 1.29 is 32.2 Å². The highest BCUT2D eigenvalue weighted by molar-refractivity contribution is 6.09. The molecule has 7 nitrogen and oxygen atoms in total. The van der Waals surface area contributed by atoms with Crippen LogP contribution in [0.15, 0.2) is 72.8 Å². The second-order valence-corrected chi connectivity index (χ2v) is 7.35. The van der Waals surface area contributed by atoms with E-state index < -0.39 is 18.6 Å². The maximum atomic E-state index is 13.2. The summed E-state index contributed by atoms with van der Waals surface area (Å²) in [5, 5.41) is 7.45. The predicted octanol–water partition coefficient (Wildman–Crippen LogP) is 4.18. The van der Waals surface area contributed by atoms with Crippen molar-refractivity contribution in [3.05, 3.63) is 89.5 Å². The van der Waals surface area contributed by atoms with Crippen molar-refractivity contribution >= 4 is 23.2 Å². The van der Waals surface area contributed by atoms with E-state index in [4.69, 9.17) is 20.6 Å². The molecule has 0 atom stereocenters. The number of nitrogens with two attached hydrogens (primary N) is 1. The molecule has 0 heterocycles. The van der Waals surface area contributed by atoms with E-state index >= 15 is 0 Å². The molecule has 1 amide bonds. The zero-order valence-electron chi connectivity index (χ0n) is 18.6. The lowest BCUT2D eigenvalue weighted by Crippen LogP contribution is -2.43. The van der Waals surface area contributed by atoms with Gasteiger partial charge in [-0.15, -0.1) is 0 Å². The normalized spacial score (nSPS) is 11.0. The minimum atomic E-state index is -5.11. The molecule has 182 valence electrons. The van der Waals surface area contributed by atoms with Gasteiger partial charge in [-0.1, -0.05) is 12.1 Å². The number of carbonyl (C=O) groups is 2. The summed E-state index contributed by atoms with van der Waals surface area (Å²) in [7, 11) is 1.50. The molecule has 3 aromatic carbocycles. The lowest BCUT2D eigenvalue weighted by molar-refractivity contribution is -0.170. The molecule has 35 heavy (non-hydrogen) atoms. The van der Waals surface area contributed by atoms with E-state index in [0.717, 1.165) is 0 Å². The molecule has 0 aliphatic heterocycles. The van der Waals surface area contributed by atoms with E-state index in [2.05, 4.69) is 0 Å². The number of amidine groups is 1. The van der Waals surface area contributed by atoms with Gasteiger partial charge in [-0.25, -0.2) is 0 Å². The number of nitrogens with one attached hydrogen (secondary N) is 1. The maximum Gasteiger partial charge on any atom is 0.471 e. The molecule has 3 aromatic rings. The number of hydrogen-bond acceptors (Lipinski definition) is 5. The van der Waals surface area contributed by atoms with Crippen LogP contribution in [0.25, 0.3) is 0 Å². The third-order valence-electron chi connectivity index (χ3n) is 5.01. The number of amides is 1. The fraction of sp³-hybridized carbons (Fsp3) is 0.160. The molecule has 0 aliphatic carbocycles. The van der Waals surface area contributed by atoms with E-state index in [9.17, 15) is 22.8 Å². The minimum Gasteiger partial charge on any atom is -0.497 e. The molecule has 0 radical (unpaired) electrons. The maximum absolute atomic E-state index is 13.2. The summed E-state index contributed by atoms with van der Waals surface area (Å²) in [4.78, 5) is 25.3. The molecule has 0 aliphatic rings. The van der Waals surface area contributed by atoms with Crippen molar-refractivity contribution in [2.75, 3.05) is 25.2 Å². The monoisotopic (exact) mass is 485 g/mol. The molecule has 0 fully saturated rings. The molecule has 0 saturated heterocycles. The number of rotatable bonds is 9. The molecular formula is C25H22F3N3O4. The average molecular weight is 485 g/mol. The SMILES string of the molecule is COc1ccc(C(=O)c2ccc(N(CCOc3cccc(C(=N)N)c3)C(=O)C(F)(F)F)cc2)cc1. The zero-order chi connectivity index (χ0) is 25.6. The van der Waals surface area contributed by atoms with Gasteiger partial charge in [0.05, 0.1) is 13.7 Å².